The van der Waals surface area contributed by atoms with E-state index in [2.05, 4.69) is 11.1 Å². The van der Waals surface area contributed by atoms with E-state index in [-0.39, 0.29) is 6.10 Å². The molecule has 1 unspecified atom stereocenters. The molecule has 1 aromatic rings. The van der Waals surface area contributed by atoms with Gasteiger partial charge in [0.25, 0.3) is 0 Å². The summed E-state index contributed by atoms with van der Waals surface area (Å²) in [5, 5.41) is 0. The van der Waals surface area contributed by atoms with Gasteiger partial charge in [-0.2, -0.15) is 0 Å². The van der Waals surface area contributed by atoms with Crippen molar-refractivity contribution in [2.45, 2.75) is 32.5 Å². The summed E-state index contributed by atoms with van der Waals surface area (Å²) in [5.74, 6) is 0.499. The standard InChI is InChI=1S/C15H23NO3/c1-12-3-5-14(16-7-12)10-18-8-13-4-6-15(11-17-2)19-9-13/h3,5,7,13,15H,4,6,8-11H2,1-2H3/t13?,15-/m1/s1. The van der Waals surface area contributed by atoms with Crippen LogP contribution in [0.25, 0.3) is 0 Å². The normalized spacial score (nSPS) is 23.5. The fourth-order valence-corrected chi connectivity index (χ4v) is 2.22. The van der Waals surface area contributed by atoms with Crippen molar-refractivity contribution in [2.75, 3.05) is 26.9 Å². The van der Waals surface area contributed by atoms with Gasteiger partial charge in [0.2, 0.25) is 0 Å². The van der Waals surface area contributed by atoms with Gasteiger partial charge in [0.05, 0.1) is 38.2 Å². The molecule has 2 rings (SSSR count). The van der Waals surface area contributed by atoms with Gasteiger partial charge in [-0.05, 0) is 31.4 Å². The Morgan fingerprint density at radius 2 is 2.21 bits per heavy atom. The highest BCUT2D eigenvalue weighted by atomic mass is 16.5. The third-order valence-corrected chi connectivity index (χ3v) is 3.39. The number of nitrogens with zero attached hydrogens (tertiary/aromatic N) is 1. The van der Waals surface area contributed by atoms with Gasteiger partial charge in [0.15, 0.2) is 0 Å². The molecule has 1 fully saturated rings. The highest BCUT2D eigenvalue weighted by Crippen LogP contribution is 2.19. The summed E-state index contributed by atoms with van der Waals surface area (Å²) in [5.41, 5.74) is 2.16. The van der Waals surface area contributed by atoms with E-state index in [4.69, 9.17) is 14.2 Å². The van der Waals surface area contributed by atoms with E-state index < -0.39 is 0 Å². The molecule has 0 radical (unpaired) electrons. The van der Waals surface area contributed by atoms with E-state index >= 15 is 0 Å². The van der Waals surface area contributed by atoms with Crippen LogP contribution < -0.4 is 0 Å². The van der Waals surface area contributed by atoms with Crippen LogP contribution in [-0.4, -0.2) is 38.0 Å². The summed E-state index contributed by atoms with van der Waals surface area (Å²) in [7, 11) is 1.72. The first-order valence-corrected chi connectivity index (χ1v) is 6.87. The fraction of sp³-hybridized carbons (Fsp3) is 0.667. The van der Waals surface area contributed by atoms with Crippen molar-refractivity contribution >= 4 is 0 Å². The molecule has 0 aromatic carbocycles. The molecule has 1 saturated heterocycles. The Morgan fingerprint density at radius 1 is 1.32 bits per heavy atom. The summed E-state index contributed by atoms with van der Waals surface area (Å²) in [6, 6.07) is 4.08. The van der Waals surface area contributed by atoms with Crippen LogP contribution in [0, 0.1) is 12.8 Å². The Morgan fingerprint density at radius 3 is 2.84 bits per heavy atom. The summed E-state index contributed by atoms with van der Waals surface area (Å²) in [6.07, 6.45) is 4.35. The zero-order valence-electron chi connectivity index (χ0n) is 11.8. The maximum atomic E-state index is 5.73. The van der Waals surface area contributed by atoms with Crippen LogP contribution in [0.4, 0.5) is 0 Å². The summed E-state index contributed by atoms with van der Waals surface area (Å²) < 4.78 is 16.5. The molecule has 0 spiro atoms. The lowest BCUT2D eigenvalue weighted by molar-refractivity contribution is -0.0701. The summed E-state index contributed by atoms with van der Waals surface area (Å²) >= 11 is 0. The number of ether oxygens (including phenoxy) is 3. The largest absolute Gasteiger partial charge is 0.382 e. The van der Waals surface area contributed by atoms with Crippen molar-refractivity contribution < 1.29 is 14.2 Å². The summed E-state index contributed by atoms with van der Waals surface area (Å²) in [6.45, 7) is 4.83. The molecule has 0 bridgehead atoms. The number of hydrogen-bond donors (Lipinski definition) is 0. The van der Waals surface area contributed by atoms with E-state index in [1.165, 1.54) is 5.56 Å². The number of methoxy groups -OCH3 is 1. The van der Waals surface area contributed by atoms with Crippen LogP contribution in [0.3, 0.4) is 0 Å². The minimum absolute atomic E-state index is 0.264. The molecule has 2 heterocycles. The predicted molar refractivity (Wildman–Crippen MR) is 73.0 cm³/mol. The molecule has 1 aromatic heterocycles. The molecule has 0 amide bonds. The third kappa shape index (κ3) is 4.90. The predicted octanol–water partition coefficient (Wildman–Crippen LogP) is 2.35. The number of aromatic nitrogens is 1. The van der Waals surface area contributed by atoms with Gasteiger partial charge in [-0.25, -0.2) is 0 Å². The van der Waals surface area contributed by atoms with Gasteiger partial charge in [-0.3, -0.25) is 4.98 Å². The number of hydrogen-bond acceptors (Lipinski definition) is 4. The van der Waals surface area contributed by atoms with Crippen LogP contribution >= 0.6 is 0 Å². The zero-order valence-corrected chi connectivity index (χ0v) is 11.8. The Bertz CT molecular complexity index is 358. The van der Waals surface area contributed by atoms with Crippen molar-refractivity contribution in [3.63, 3.8) is 0 Å². The zero-order chi connectivity index (χ0) is 13.5. The maximum Gasteiger partial charge on any atom is 0.0887 e. The first-order chi connectivity index (χ1) is 9.28. The van der Waals surface area contributed by atoms with Crippen molar-refractivity contribution in [3.8, 4) is 0 Å². The average Bonchev–Trinajstić information content (AvgIpc) is 2.43. The molecule has 1 aliphatic heterocycles. The van der Waals surface area contributed by atoms with Crippen LogP contribution in [0.5, 0.6) is 0 Å². The molecule has 106 valence electrons. The second-order valence-corrected chi connectivity index (χ2v) is 5.20. The van der Waals surface area contributed by atoms with Crippen LogP contribution in [-0.2, 0) is 20.8 Å². The monoisotopic (exact) mass is 265 g/mol. The van der Waals surface area contributed by atoms with Gasteiger partial charge in [-0.1, -0.05) is 6.07 Å². The lowest BCUT2D eigenvalue weighted by atomic mass is 9.99. The van der Waals surface area contributed by atoms with Crippen molar-refractivity contribution in [1.29, 1.82) is 0 Å². The Labute approximate surface area is 115 Å². The van der Waals surface area contributed by atoms with E-state index in [0.29, 0.717) is 19.1 Å². The minimum atomic E-state index is 0.264. The quantitative estimate of drug-likeness (QED) is 0.791. The van der Waals surface area contributed by atoms with Crippen LogP contribution in [0.15, 0.2) is 18.3 Å². The Hall–Kier alpha value is -0.970. The molecular weight excluding hydrogens is 242 g/mol. The van der Waals surface area contributed by atoms with Crippen LogP contribution in [0.1, 0.15) is 24.1 Å². The molecule has 4 heteroatoms. The summed E-state index contributed by atoms with van der Waals surface area (Å²) in [4.78, 5) is 4.32. The third-order valence-electron chi connectivity index (χ3n) is 3.39. The minimum Gasteiger partial charge on any atom is -0.382 e. The molecule has 2 atom stereocenters. The van der Waals surface area contributed by atoms with Gasteiger partial charge < -0.3 is 14.2 Å². The average molecular weight is 265 g/mol. The van der Waals surface area contributed by atoms with Gasteiger partial charge in [-0.15, -0.1) is 0 Å². The molecule has 19 heavy (non-hydrogen) atoms. The molecule has 1 aliphatic rings. The smallest absolute Gasteiger partial charge is 0.0887 e. The lowest BCUT2D eigenvalue weighted by Gasteiger charge is -2.28. The first kappa shape index (κ1) is 14.4. The molecule has 0 aliphatic carbocycles. The van der Waals surface area contributed by atoms with Crippen molar-refractivity contribution in [1.82, 2.24) is 4.98 Å². The van der Waals surface area contributed by atoms with Gasteiger partial charge in [0.1, 0.15) is 0 Å². The first-order valence-electron chi connectivity index (χ1n) is 6.87. The van der Waals surface area contributed by atoms with Gasteiger partial charge >= 0.3 is 0 Å². The van der Waals surface area contributed by atoms with Crippen molar-refractivity contribution in [2.24, 2.45) is 5.92 Å². The topological polar surface area (TPSA) is 40.6 Å². The molecule has 4 nitrogen and oxygen atoms in total. The maximum absolute atomic E-state index is 5.73. The Balaban J connectivity index is 1.63. The van der Waals surface area contributed by atoms with Crippen molar-refractivity contribution in [3.05, 3.63) is 29.6 Å². The fourth-order valence-electron chi connectivity index (χ4n) is 2.22. The highest BCUT2D eigenvalue weighted by Gasteiger charge is 2.21. The SMILES string of the molecule is COC[C@H]1CCC(COCc2ccc(C)cn2)CO1. The van der Waals surface area contributed by atoms with E-state index in [9.17, 15) is 0 Å². The van der Waals surface area contributed by atoms with Gasteiger partial charge in [0, 0.05) is 19.2 Å². The number of aryl methyl sites for hydroxylation is 1. The van der Waals surface area contributed by atoms with E-state index in [0.717, 1.165) is 31.7 Å². The molecule has 0 N–H and O–H groups in total. The molecular formula is C15H23NO3. The number of pyridine rings is 1. The lowest BCUT2D eigenvalue weighted by Crippen LogP contribution is -2.31. The van der Waals surface area contributed by atoms with Crippen LogP contribution in [0.2, 0.25) is 0 Å². The second-order valence-electron chi connectivity index (χ2n) is 5.20. The van der Waals surface area contributed by atoms with E-state index in [1.807, 2.05) is 19.2 Å². The van der Waals surface area contributed by atoms with E-state index in [1.54, 1.807) is 7.11 Å². The Kier molecular flexibility index (Phi) is 5.76. The second kappa shape index (κ2) is 7.58. The number of rotatable bonds is 6. The highest BCUT2D eigenvalue weighted by molar-refractivity contribution is 5.11. The molecule has 0 saturated carbocycles.